The van der Waals surface area contributed by atoms with Crippen molar-refractivity contribution in [1.29, 1.82) is 0 Å². The summed E-state index contributed by atoms with van der Waals surface area (Å²) in [5.41, 5.74) is 1.40. The first-order valence-electron chi connectivity index (χ1n) is 7.70. The Kier molecular flexibility index (Phi) is 4.15. The van der Waals surface area contributed by atoms with Crippen LogP contribution in [0.5, 0.6) is 17.5 Å². The van der Waals surface area contributed by atoms with Crippen molar-refractivity contribution in [2.24, 2.45) is 0 Å². The fraction of sp³-hybridized carbons (Fsp3) is 0.412. The second-order valence-electron chi connectivity index (χ2n) is 6.05. The van der Waals surface area contributed by atoms with Crippen LogP contribution in [0.15, 0.2) is 12.1 Å². The standard InChI is InChI=1S/C17H19ClFNO3/c1-9(2)23-15-8-14(13(19)7-12(15)18)20-16(21)10-5-3-4-6-11(10)17(20)22/h7-9,21-22H,3-6H2,1-2H3. The Morgan fingerprint density at radius 3 is 2.22 bits per heavy atom. The summed E-state index contributed by atoms with van der Waals surface area (Å²) >= 11 is 6.01. The lowest BCUT2D eigenvalue weighted by Crippen LogP contribution is -2.07. The number of aromatic nitrogens is 1. The van der Waals surface area contributed by atoms with Gasteiger partial charge in [-0.1, -0.05) is 11.6 Å². The van der Waals surface area contributed by atoms with Crippen molar-refractivity contribution in [2.45, 2.75) is 45.6 Å². The average Bonchev–Trinajstić information content (AvgIpc) is 2.74. The molecule has 2 aromatic rings. The van der Waals surface area contributed by atoms with E-state index >= 15 is 0 Å². The van der Waals surface area contributed by atoms with Gasteiger partial charge in [-0.3, -0.25) is 0 Å². The number of rotatable bonds is 3. The Balaban J connectivity index is 2.17. The van der Waals surface area contributed by atoms with E-state index in [0.717, 1.165) is 23.5 Å². The first-order valence-corrected chi connectivity index (χ1v) is 8.08. The Bertz CT molecular complexity index is 726. The molecule has 0 bridgehead atoms. The maximum atomic E-state index is 14.4. The van der Waals surface area contributed by atoms with Crippen molar-refractivity contribution in [2.75, 3.05) is 0 Å². The molecule has 0 unspecified atom stereocenters. The van der Waals surface area contributed by atoms with Crippen LogP contribution in [0.2, 0.25) is 5.02 Å². The molecule has 1 aromatic carbocycles. The summed E-state index contributed by atoms with van der Waals surface area (Å²) in [5.74, 6) is -0.560. The Morgan fingerprint density at radius 1 is 1.13 bits per heavy atom. The second kappa shape index (κ2) is 5.96. The number of hydrogen-bond donors (Lipinski definition) is 2. The zero-order chi connectivity index (χ0) is 16.7. The van der Waals surface area contributed by atoms with Crippen molar-refractivity contribution in [3.8, 4) is 23.2 Å². The molecular weight excluding hydrogens is 321 g/mol. The summed E-state index contributed by atoms with van der Waals surface area (Å²) in [6.07, 6.45) is 3.09. The molecule has 0 radical (unpaired) electrons. The molecule has 0 saturated carbocycles. The molecule has 1 aliphatic carbocycles. The van der Waals surface area contributed by atoms with Gasteiger partial charge in [-0.05, 0) is 45.6 Å². The maximum Gasteiger partial charge on any atom is 0.202 e. The van der Waals surface area contributed by atoms with Crippen molar-refractivity contribution < 1.29 is 19.3 Å². The molecule has 23 heavy (non-hydrogen) atoms. The second-order valence-corrected chi connectivity index (χ2v) is 6.45. The third kappa shape index (κ3) is 2.74. The predicted octanol–water partition coefficient (Wildman–Crippen LogP) is 4.35. The van der Waals surface area contributed by atoms with Crippen LogP contribution in [0.1, 0.15) is 37.8 Å². The highest BCUT2D eigenvalue weighted by molar-refractivity contribution is 6.32. The third-order valence-electron chi connectivity index (χ3n) is 4.04. The highest BCUT2D eigenvalue weighted by atomic mass is 35.5. The molecule has 2 N–H and O–H groups in total. The van der Waals surface area contributed by atoms with Crippen LogP contribution < -0.4 is 4.74 Å². The van der Waals surface area contributed by atoms with Gasteiger partial charge in [-0.2, -0.15) is 0 Å². The third-order valence-corrected chi connectivity index (χ3v) is 4.33. The van der Waals surface area contributed by atoms with Gasteiger partial charge < -0.3 is 14.9 Å². The zero-order valence-electron chi connectivity index (χ0n) is 13.1. The largest absolute Gasteiger partial charge is 0.494 e. The van der Waals surface area contributed by atoms with Gasteiger partial charge in [0.1, 0.15) is 11.6 Å². The van der Waals surface area contributed by atoms with E-state index in [1.54, 1.807) is 0 Å². The Labute approximate surface area is 139 Å². The van der Waals surface area contributed by atoms with E-state index in [1.165, 1.54) is 6.07 Å². The van der Waals surface area contributed by atoms with Gasteiger partial charge in [0, 0.05) is 17.2 Å². The van der Waals surface area contributed by atoms with Crippen LogP contribution in [-0.4, -0.2) is 20.9 Å². The Morgan fingerprint density at radius 2 is 1.70 bits per heavy atom. The summed E-state index contributed by atoms with van der Waals surface area (Å²) in [7, 11) is 0. The van der Waals surface area contributed by atoms with Gasteiger partial charge in [0.05, 0.1) is 16.8 Å². The molecule has 1 aliphatic rings. The van der Waals surface area contributed by atoms with Crippen LogP contribution in [0.3, 0.4) is 0 Å². The molecule has 0 fully saturated rings. The first kappa shape index (κ1) is 16.0. The molecule has 0 saturated heterocycles. The van der Waals surface area contributed by atoms with Crippen LogP contribution >= 0.6 is 11.6 Å². The van der Waals surface area contributed by atoms with E-state index in [1.807, 2.05) is 13.8 Å². The molecule has 0 amide bonds. The van der Waals surface area contributed by atoms with Gasteiger partial charge >= 0.3 is 0 Å². The van der Waals surface area contributed by atoms with Gasteiger partial charge in [0.2, 0.25) is 11.8 Å². The fourth-order valence-electron chi connectivity index (χ4n) is 3.03. The summed E-state index contributed by atoms with van der Waals surface area (Å²) in [6.45, 7) is 3.67. The molecule has 0 atom stereocenters. The van der Waals surface area contributed by atoms with Crippen LogP contribution in [-0.2, 0) is 12.8 Å². The molecule has 4 nitrogen and oxygen atoms in total. The van der Waals surface area contributed by atoms with E-state index in [2.05, 4.69) is 0 Å². The van der Waals surface area contributed by atoms with Crippen LogP contribution in [0.4, 0.5) is 4.39 Å². The Hall–Kier alpha value is -1.88. The summed E-state index contributed by atoms with van der Waals surface area (Å²) < 4.78 is 21.1. The minimum absolute atomic E-state index is 0.0226. The van der Waals surface area contributed by atoms with Crippen molar-refractivity contribution in [3.63, 3.8) is 0 Å². The smallest absolute Gasteiger partial charge is 0.202 e. The molecule has 6 heteroatoms. The molecule has 1 aromatic heterocycles. The molecule has 0 spiro atoms. The van der Waals surface area contributed by atoms with Gasteiger partial charge in [-0.15, -0.1) is 0 Å². The summed E-state index contributed by atoms with van der Waals surface area (Å²) in [6, 6.07) is 2.54. The lowest BCUT2D eigenvalue weighted by atomic mass is 9.95. The summed E-state index contributed by atoms with van der Waals surface area (Å²) in [4.78, 5) is 0. The molecule has 1 heterocycles. The number of aromatic hydroxyl groups is 2. The van der Waals surface area contributed by atoms with Crippen molar-refractivity contribution >= 4 is 11.6 Å². The monoisotopic (exact) mass is 339 g/mol. The number of nitrogens with zero attached hydrogens (tertiary/aromatic N) is 1. The van der Waals surface area contributed by atoms with Crippen molar-refractivity contribution in [1.82, 2.24) is 4.57 Å². The zero-order valence-corrected chi connectivity index (χ0v) is 13.8. The highest BCUT2D eigenvalue weighted by Crippen LogP contribution is 2.42. The SMILES string of the molecule is CC(C)Oc1cc(-n2c(O)c3c(c2O)CCCC3)c(F)cc1Cl. The van der Waals surface area contributed by atoms with E-state index in [-0.39, 0.29) is 28.6 Å². The van der Waals surface area contributed by atoms with Gasteiger partial charge in [-0.25, -0.2) is 8.96 Å². The molecular formula is C17H19ClFNO3. The molecule has 3 rings (SSSR count). The number of hydrogen-bond acceptors (Lipinski definition) is 3. The minimum Gasteiger partial charge on any atom is -0.494 e. The lowest BCUT2D eigenvalue weighted by Gasteiger charge is -2.15. The maximum absolute atomic E-state index is 14.4. The summed E-state index contributed by atoms with van der Waals surface area (Å²) in [5, 5.41) is 21.0. The topological polar surface area (TPSA) is 54.6 Å². The van der Waals surface area contributed by atoms with E-state index in [0.29, 0.717) is 29.7 Å². The quantitative estimate of drug-likeness (QED) is 0.874. The minimum atomic E-state index is -0.635. The number of halogens is 2. The van der Waals surface area contributed by atoms with Gasteiger partial charge in [0.15, 0.2) is 0 Å². The van der Waals surface area contributed by atoms with E-state index in [9.17, 15) is 14.6 Å². The normalized spacial score (nSPS) is 14.1. The predicted molar refractivity (Wildman–Crippen MR) is 86.5 cm³/mol. The molecule has 0 aliphatic heterocycles. The molecule has 124 valence electrons. The highest BCUT2D eigenvalue weighted by Gasteiger charge is 2.27. The lowest BCUT2D eigenvalue weighted by molar-refractivity contribution is 0.242. The first-order chi connectivity index (χ1) is 10.9. The van der Waals surface area contributed by atoms with Crippen LogP contribution in [0.25, 0.3) is 5.69 Å². The number of ether oxygens (including phenoxy) is 1. The van der Waals surface area contributed by atoms with Crippen LogP contribution in [0, 0.1) is 5.82 Å². The van der Waals surface area contributed by atoms with Crippen molar-refractivity contribution in [3.05, 3.63) is 34.1 Å². The number of benzene rings is 1. The van der Waals surface area contributed by atoms with Gasteiger partial charge in [0.25, 0.3) is 0 Å². The van der Waals surface area contributed by atoms with E-state index < -0.39 is 5.82 Å². The number of fused-ring (bicyclic) bond motifs is 1. The van der Waals surface area contributed by atoms with E-state index in [4.69, 9.17) is 16.3 Å². The average molecular weight is 340 g/mol. The fourth-order valence-corrected chi connectivity index (χ4v) is 3.23.